The first-order valence-corrected chi connectivity index (χ1v) is 6.23. The van der Waals surface area contributed by atoms with Crippen molar-refractivity contribution < 1.29 is 0 Å². The van der Waals surface area contributed by atoms with E-state index in [9.17, 15) is 0 Å². The summed E-state index contributed by atoms with van der Waals surface area (Å²) in [7, 11) is 0. The predicted octanol–water partition coefficient (Wildman–Crippen LogP) is 2.84. The van der Waals surface area contributed by atoms with Crippen LogP contribution in [-0.4, -0.2) is 17.5 Å². The number of nitrogens with zero attached hydrogens (tertiary/aromatic N) is 2. The van der Waals surface area contributed by atoms with Crippen molar-refractivity contribution in [2.24, 2.45) is 11.8 Å². The van der Waals surface area contributed by atoms with Crippen LogP contribution < -0.4 is 10.6 Å². The maximum Gasteiger partial charge on any atom is 0.139 e. The average Bonchev–Trinajstić information content (AvgIpc) is 2.48. The fraction of sp³-hybridized carbons (Fsp3) is 0.727. The van der Waals surface area contributed by atoms with Crippen LogP contribution in [-0.2, 0) is 0 Å². The van der Waals surface area contributed by atoms with E-state index in [0.29, 0.717) is 17.7 Å². The number of rotatable bonds is 5. The second-order valence-electron chi connectivity index (χ2n) is 4.78. The lowest BCUT2D eigenvalue weighted by atomic mass is 10.1. The van der Waals surface area contributed by atoms with Crippen molar-refractivity contribution in [3.05, 3.63) is 6.07 Å². The minimum atomic E-state index is 0.632. The molecule has 1 heterocycles. The van der Waals surface area contributed by atoms with Gasteiger partial charge in [0.1, 0.15) is 10.8 Å². The molecule has 0 spiro atoms. The summed E-state index contributed by atoms with van der Waals surface area (Å²) < 4.78 is 4.13. The molecule has 86 valence electrons. The van der Waals surface area contributed by atoms with E-state index in [4.69, 9.17) is 5.73 Å². The van der Waals surface area contributed by atoms with Gasteiger partial charge < -0.3 is 10.6 Å². The molecule has 4 heteroatoms. The van der Waals surface area contributed by atoms with E-state index >= 15 is 0 Å². The highest BCUT2D eigenvalue weighted by Gasteiger charge is 2.12. The monoisotopic (exact) mass is 227 g/mol. The Labute approximate surface area is 96.5 Å². The lowest BCUT2D eigenvalue weighted by Gasteiger charge is -2.26. The highest BCUT2D eigenvalue weighted by molar-refractivity contribution is 7.10. The van der Waals surface area contributed by atoms with E-state index in [2.05, 4.69) is 37.0 Å². The maximum atomic E-state index is 5.65. The molecule has 0 bridgehead atoms. The summed E-state index contributed by atoms with van der Waals surface area (Å²) in [5.41, 5.74) is 5.65. The third kappa shape index (κ3) is 4.08. The first kappa shape index (κ1) is 12.3. The molecule has 3 nitrogen and oxygen atoms in total. The summed E-state index contributed by atoms with van der Waals surface area (Å²) in [4.78, 5) is 2.38. The molecule has 1 aromatic heterocycles. The molecule has 0 aliphatic heterocycles. The number of hydrogen-bond donors (Lipinski definition) is 1. The highest BCUT2D eigenvalue weighted by Crippen LogP contribution is 2.24. The van der Waals surface area contributed by atoms with Crippen molar-refractivity contribution in [3.8, 4) is 0 Å². The van der Waals surface area contributed by atoms with Gasteiger partial charge in [0.15, 0.2) is 0 Å². The summed E-state index contributed by atoms with van der Waals surface area (Å²) in [6.07, 6.45) is 0. The van der Waals surface area contributed by atoms with Crippen LogP contribution in [0.1, 0.15) is 27.7 Å². The standard InChI is InChI=1S/C11H21N3S/c1-8(2)6-14(7-9(3)4)11-5-10(12)13-15-11/h5,8-9H,6-7H2,1-4H3,(H2,12,13). The molecule has 0 atom stereocenters. The second kappa shape index (κ2) is 5.35. The Hall–Kier alpha value is -0.770. The Balaban J connectivity index is 2.71. The number of nitrogen functional groups attached to an aromatic ring is 1. The molecule has 0 aliphatic rings. The zero-order valence-corrected chi connectivity index (χ0v) is 10.8. The summed E-state index contributed by atoms with van der Waals surface area (Å²) in [5.74, 6) is 1.95. The van der Waals surface area contributed by atoms with Crippen LogP contribution in [0.4, 0.5) is 10.8 Å². The average molecular weight is 227 g/mol. The number of hydrogen-bond acceptors (Lipinski definition) is 4. The van der Waals surface area contributed by atoms with Gasteiger partial charge in [-0.25, -0.2) is 0 Å². The number of nitrogens with two attached hydrogens (primary N) is 1. The summed E-state index contributed by atoms with van der Waals surface area (Å²) in [5, 5.41) is 1.19. The number of aromatic nitrogens is 1. The molecule has 0 aliphatic carbocycles. The molecule has 1 rings (SSSR count). The third-order valence-corrected chi connectivity index (χ3v) is 2.86. The van der Waals surface area contributed by atoms with Gasteiger partial charge >= 0.3 is 0 Å². The molecule has 15 heavy (non-hydrogen) atoms. The zero-order chi connectivity index (χ0) is 11.4. The van der Waals surface area contributed by atoms with Crippen molar-refractivity contribution in [2.75, 3.05) is 23.7 Å². The van der Waals surface area contributed by atoms with Gasteiger partial charge in [-0.2, -0.15) is 4.37 Å². The molecular weight excluding hydrogens is 206 g/mol. The van der Waals surface area contributed by atoms with E-state index in [-0.39, 0.29) is 0 Å². The summed E-state index contributed by atoms with van der Waals surface area (Å²) in [6.45, 7) is 11.1. The predicted molar refractivity (Wildman–Crippen MR) is 68.4 cm³/mol. The summed E-state index contributed by atoms with van der Waals surface area (Å²) in [6, 6.07) is 1.97. The van der Waals surface area contributed by atoms with E-state index < -0.39 is 0 Å². The van der Waals surface area contributed by atoms with Gasteiger partial charge in [-0.3, -0.25) is 0 Å². The topological polar surface area (TPSA) is 42.1 Å². The van der Waals surface area contributed by atoms with Gasteiger partial charge in [-0.1, -0.05) is 27.7 Å². The van der Waals surface area contributed by atoms with Crippen molar-refractivity contribution in [1.29, 1.82) is 0 Å². The van der Waals surface area contributed by atoms with E-state index in [0.717, 1.165) is 13.1 Å². The van der Waals surface area contributed by atoms with Crippen LogP contribution in [0.3, 0.4) is 0 Å². The van der Waals surface area contributed by atoms with Crippen LogP contribution in [0.2, 0.25) is 0 Å². The normalized spacial score (nSPS) is 11.3. The highest BCUT2D eigenvalue weighted by atomic mass is 32.1. The second-order valence-corrected chi connectivity index (χ2v) is 5.57. The quantitative estimate of drug-likeness (QED) is 0.841. The van der Waals surface area contributed by atoms with Crippen molar-refractivity contribution in [2.45, 2.75) is 27.7 Å². The third-order valence-electron chi connectivity index (χ3n) is 2.00. The first-order valence-electron chi connectivity index (χ1n) is 5.46. The molecule has 0 radical (unpaired) electrons. The Kier molecular flexibility index (Phi) is 4.39. The first-order chi connectivity index (χ1) is 6.99. The van der Waals surface area contributed by atoms with Crippen LogP contribution >= 0.6 is 11.5 Å². The Bertz CT molecular complexity index is 284. The maximum absolute atomic E-state index is 5.65. The van der Waals surface area contributed by atoms with Gasteiger partial charge in [0.2, 0.25) is 0 Å². The van der Waals surface area contributed by atoms with Crippen molar-refractivity contribution in [1.82, 2.24) is 4.37 Å². The van der Waals surface area contributed by atoms with Gasteiger partial charge in [0.25, 0.3) is 0 Å². The van der Waals surface area contributed by atoms with Gasteiger partial charge in [-0.15, -0.1) is 0 Å². The number of anilines is 2. The summed E-state index contributed by atoms with van der Waals surface area (Å²) >= 11 is 1.49. The van der Waals surface area contributed by atoms with Gasteiger partial charge in [-0.05, 0) is 23.4 Å². The van der Waals surface area contributed by atoms with Gasteiger partial charge in [0.05, 0.1) is 0 Å². The lowest BCUT2D eigenvalue weighted by Crippen LogP contribution is -2.30. The van der Waals surface area contributed by atoms with Crippen molar-refractivity contribution >= 4 is 22.4 Å². The van der Waals surface area contributed by atoms with Crippen molar-refractivity contribution in [3.63, 3.8) is 0 Å². The smallest absolute Gasteiger partial charge is 0.139 e. The zero-order valence-electron chi connectivity index (χ0n) is 10.0. The van der Waals surface area contributed by atoms with E-state index in [1.54, 1.807) is 0 Å². The minimum Gasteiger partial charge on any atom is -0.383 e. The SMILES string of the molecule is CC(C)CN(CC(C)C)c1cc(N)ns1. The molecule has 0 saturated carbocycles. The fourth-order valence-corrected chi connectivity index (χ4v) is 2.25. The van der Waals surface area contributed by atoms with E-state index in [1.807, 2.05) is 6.07 Å². The lowest BCUT2D eigenvalue weighted by molar-refractivity contribution is 0.555. The largest absolute Gasteiger partial charge is 0.383 e. The molecular formula is C11H21N3S. The molecule has 2 N–H and O–H groups in total. The molecule has 0 amide bonds. The van der Waals surface area contributed by atoms with Gasteiger partial charge in [0, 0.05) is 19.2 Å². The Morgan fingerprint density at radius 1 is 1.27 bits per heavy atom. The van der Waals surface area contributed by atoms with Crippen LogP contribution in [0, 0.1) is 11.8 Å². The molecule has 0 unspecified atom stereocenters. The molecule has 0 aromatic carbocycles. The van der Waals surface area contributed by atoms with E-state index in [1.165, 1.54) is 16.5 Å². The molecule has 1 aromatic rings. The fourth-order valence-electron chi connectivity index (χ4n) is 1.56. The van der Waals surface area contributed by atoms with Crippen LogP contribution in [0.25, 0.3) is 0 Å². The molecule has 0 saturated heterocycles. The minimum absolute atomic E-state index is 0.632. The van der Waals surface area contributed by atoms with Crippen LogP contribution in [0.15, 0.2) is 6.07 Å². The Morgan fingerprint density at radius 3 is 2.13 bits per heavy atom. The molecule has 0 fully saturated rings. The van der Waals surface area contributed by atoms with Crippen LogP contribution in [0.5, 0.6) is 0 Å². The Morgan fingerprint density at radius 2 is 1.80 bits per heavy atom.